The lowest BCUT2D eigenvalue weighted by Crippen LogP contribution is -2.26. The van der Waals surface area contributed by atoms with Crippen LogP contribution in [0.1, 0.15) is 29.9 Å². The summed E-state index contributed by atoms with van der Waals surface area (Å²) < 4.78 is 30.1. The van der Waals surface area contributed by atoms with Gasteiger partial charge in [0.15, 0.2) is 6.23 Å². The fourth-order valence-electron chi connectivity index (χ4n) is 3.66. The van der Waals surface area contributed by atoms with Gasteiger partial charge in [0.1, 0.15) is 43.2 Å². The Balaban J connectivity index is 1.28. The minimum Gasteiger partial charge on any atom is -0.388 e. The number of ether oxygens (including phenoxy) is 1. The molecule has 1 aliphatic rings. The average Bonchev–Trinajstić information content (AvgIpc) is 3.39. The van der Waals surface area contributed by atoms with Crippen molar-refractivity contribution in [3.63, 3.8) is 0 Å². The van der Waals surface area contributed by atoms with E-state index >= 15 is 0 Å². The van der Waals surface area contributed by atoms with Crippen LogP contribution in [0.25, 0.3) is 11.0 Å². The molecule has 4 N–H and O–H groups in total. The van der Waals surface area contributed by atoms with Crippen molar-refractivity contribution in [2.24, 2.45) is 0 Å². The first-order valence-electron chi connectivity index (χ1n) is 10.4. The van der Waals surface area contributed by atoms with Gasteiger partial charge in [0.05, 0.1) is 23.1 Å². The summed E-state index contributed by atoms with van der Waals surface area (Å²) in [5.74, 6) is 0.324. The number of nitrogens with two attached hydrogens (primary N) is 1. The highest BCUT2D eigenvalue weighted by molar-refractivity contribution is 7.33. The van der Waals surface area contributed by atoms with Crippen molar-refractivity contribution < 1.29 is 28.6 Å². The number of benzene rings is 1. The van der Waals surface area contributed by atoms with E-state index in [9.17, 15) is 14.8 Å². The molecule has 4 rings (SSSR count). The molecule has 12 heteroatoms. The number of nitrogens with zero attached hydrogens (tertiary/aromatic N) is 4. The lowest BCUT2D eigenvalue weighted by molar-refractivity contribution is -0.0381. The zero-order chi connectivity index (χ0) is 24.2. The smallest absolute Gasteiger partial charge is 0.388 e. The molecule has 176 valence electrons. The zero-order valence-corrected chi connectivity index (χ0v) is 18.9. The van der Waals surface area contributed by atoms with E-state index in [4.69, 9.17) is 24.8 Å². The summed E-state index contributed by atoms with van der Waals surface area (Å²) >= 11 is 0. The monoisotopic (exact) mass is 484 g/mol. The molecule has 1 saturated heterocycles. The fraction of sp³-hybridized carbons (Fsp3) is 0.318. The van der Waals surface area contributed by atoms with E-state index in [1.54, 1.807) is 41.1 Å². The van der Waals surface area contributed by atoms with Gasteiger partial charge in [-0.2, -0.15) is 5.26 Å². The molecule has 0 radical (unpaired) electrons. The summed E-state index contributed by atoms with van der Waals surface area (Å²) in [6.07, 6.45) is -0.268. The summed E-state index contributed by atoms with van der Waals surface area (Å²) in [5.41, 5.74) is 7.79. The molecular weight excluding hydrogens is 461 g/mol. The summed E-state index contributed by atoms with van der Waals surface area (Å²) in [6.45, 7) is 3.68. The minimum atomic E-state index is -2.51. The average molecular weight is 484 g/mol. The van der Waals surface area contributed by atoms with Crippen LogP contribution in [0.4, 0.5) is 5.82 Å². The topological polar surface area (TPSA) is 166 Å². The lowest BCUT2D eigenvalue weighted by atomic mass is 10.0. The van der Waals surface area contributed by atoms with E-state index in [0.29, 0.717) is 33.6 Å². The number of rotatable bonds is 9. The summed E-state index contributed by atoms with van der Waals surface area (Å²) in [5, 5.41) is 30.3. The number of nitrogen functional groups attached to an aromatic ring is 1. The van der Waals surface area contributed by atoms with Crippen LogP contribution < -0.4 is 5.73 Å². The molecule has 0 amide bonds. The van der Waals surface area contributed by atoms with Crippen molar-refractivity contribution in [1.29, 1.82) is 5.26 Å². The molecule has 5 atom stereocenters. The predicted octanol–water partition coefficient (Wildman–Crippen LogP) is 2.51. The van der Waals surface area contributed by atoms with Crippen LogP contribution in [-0.4, -0.2) is 50.2 Å². The molecule has 0 saturated carbocycles. The molecule has 0 bridgehead atoms. The summed E-state index contributed by atoms with van der Waals surface area (Å²) in [7, 11) is -2.51. The molecule has 3 heterocycles. The van der Waals surface area contributed by atoms with Crippen LogP contribution in [0.3, 0.4) is 0 Å². The van der Waals surface area contributed by atoms with Gasteiger partial charge in [0.2, 0.25) is 0 Å². The standard InChI is InChI=1S/C22H23N5O6P/c1-13-19(29)18(33-22(13)27-7-5-16-20(24)25-12-26-21(16)27)11-32-34(30)31-8-6-17(28)15-4-2-3-14(9-15)10-23/h2-5,7,9,12,17-19,22,28-29H,1,6,8,11H2,(H2,24,25,26)/q+1. The maximum absolute atomic E-state index is 12.1. The quantitative estimate of drug-likeness (QED) is 0.303. The molecule has 1 aliphatic heterocycles. The first-order valence-corrected chi connectivity index (χ1v) is 11.5. The van der Waals surface area contributed by atoms with Gasteiger partial charge in [0.25, 0.3) is 0 Å². The third-order valence-corrected chi connectivity index (χ3v) is 6.23. The predicted molar refractivity (Wildman–Crippen MR) is 121 cm³/mol. The Hall–Kier alpha value is -3.23. The van der Waals surface area contributed by atoms with Gasteiger partial charge in [-0.25, -0.2) is 9.97 Å². The number of aliphatic hydroxyl groups excluding tert-OH is 2. The highest BCUT2D eigenvalue weighted by atomic mass is 31.1. The lowest BCUT2D eigenvalue weighted by Gasteiger charge is -2.14. The molecule has 0 spiro atoms. The Labute approximate surface area is 196 Å². The van der Waals surface area contributed by atoms with E-state index in [1.165, 1.54) is 6.33 Å². The van der Waals surface area contributed by atoms with Gasteiger partial charge in [-0.3, -0.25) is 0 Å². The summed E-state index contributed by atoms with van der Waals surface area (Å²) in [4.78, 5) is 8.17. The van der Waals surface area contributed by atoms with Gasteiger partial charge >= 0.3 is 8.25 Å². The molecule has 3 aromatic rings. The Morgan fingerprint density at radius 3 is 2.97 bits per heavy atom. The normalized spacial score (nSPS) is 21.5. The van der Waals surface area contributed by atoms with Gasteiger partial charge in [0, 0.05) is 22.8 Å². The second-order valence-electron chi connectivity index (χ2n) is 7.66. The number of aliphatic hydroxyl groups is 2. The van der Waals surface area contributed by atoms with Crippen molar-refractivity contribution in [3.8, 4) is 6.07 Å². The van der Waals surface area contributed by atoms with Crippen molar-refractivity contribution in [2.75, 3.05) is 18.9 Å². The Morgan fingerprint density at radius 2 is 2.18 bits per heavy atom. The maximum Gasteiger partial charge on any atom is 0.697 e. The van der Waals surface area contributed by atoms with Gasteiger partial charge in [-0.1, -0.05) is 18.7 Å². The highest BCUT2D eigenvalue weighted by Gasteiger charge is 2.41. The van der Waals surface area contributed by atoms with Crippen LogP contribution in [0.5, 0.6) is 0 Å². The number of aromatic nitrogens is 3. The van der Waals surface area contributed by atoms with Crippen LogP contribution in [0.15, 0.2) is 55.0 Å². The number of fused-ring (bicyclic) bond motifs is 1. The Kier molecular flexibility index (Phi) is 7.29. The van der Waals surface area contributed by atoms with Crippen molar-refractivity contribution in [3.05, 3.63) is 66.1 Å². The third kappa shape index (κ3) is 4.98. The Bertz CT molecular complexity index is 1260. The molecule has 0 aliphatic carbocycles. The maximum atomic E-state index is 12.1. The van der Waals surface area contributed by atoms with E-state index in [1.807, 2.05) is 6.07 Å². The second-order valence-corrected chi connectivity index (χ2v) is 8.62. The summed E-state index contributed by atoms with van der Waals surface area (Å²) in [6, 6.07) is 10.3. The van der Waals surface area contributed by atoms with E-state index in [2.05, 4.69) is 16.5 Å². The molecule has 2 aromatic heterocycles. The van der Waals surface area contributed by atoms with Crippen LogP contribution >= 0.6 is 8.25 Å². The first kappa shape index (κ1) is 23.9. The van der Waals surface area contributed by atoms with Crippen LogP contribution in [-0.2, 0) is 18.3 Å². The van der Waals surface area contributed by atoms with Crippen LogP contribution in [0.2, 0.25) is 0 Å². The van der Waals surface area contributed by atoms with E-state index in [-0.39, 0.29) is 19.6 Å². The van der Waals surface area contributed by atoms with Crippen molar-refractivity contribution >= 4 is 25.1 Å². The number of hydrogen-bond acceptors (Lipinski definition) is 10. The van der Waals surface area contributed by atoms with E-state index < -0.39 is 32.8 Å². The fourth-order valence-corrected chi connectivity index (χ4v) is 4.26. The van der Waals surface area contributed by atoms with Crippen LogP contribution in [0, 0.1) is 11.3 Å². The Morgan fingerprint density at radius 1 is 1.35 bits per heavy atom. The SMILES string of the molecule is C=C1C(O)C(CO[P+](=O)OCCC(O)c2cccc(C#N)c2)OC1n1ccc2c(N)ncnc21. The van der Waals surface area contributed by atoms with Crippen molar-refractivity contribution in [2.45, 2.75) is 31.0 Å². The molecule has 5 unspecified atom stereocenters. The minimum absolute atomic E-state index is 0.0347. The molecule has 11 nitrogen and oxygen atoms in total. The highest BCUT2D eigenvalue weighted by Crippen LogP contribution is 2.37. The number of nitriles is 1. The number of hydrogen-bond donors (Lipinski definition) is 3. The van der Waals surface area contributed by atoms with Gasteiger partial charge in [-0.05, 0) is 23.8 Å². The van der Waals surface area contributed by atoms with E-state index in [0.717, 1.165) is 0 Å². The molecule has 1 fully saturated rings. The zero-order valence-electron chi connectivity index (χ0n) is 18.0. The van der Waals surface area contributed by atoms with Gasteiger partial charge < -0.3 is 25.3 Å². The molecular formula is C22H23N5O6P+. The van der Waals surface area contributed by atoms with Crippen molar-refractivity contribution in [1.82, 2.24) is 14.5 Å². The number of anilines is 1. The first-order chi connectivity index (χ1) is 16.4. The van der Waals surface area contributed by atoms with Gasteiger partial charge in [-0.15, -0.1) is 9.05 Å². The second kappa shape index (κ2) is 10.4. The molecule has 34 heavy (non-hydrogen) atoms. The molecule has 1 aromatic carbocycles. The third-order valence-electron chi connectivity index (χ3n) is 5.48. The largest absolute Gasteiger partial charge is 0.697 e.